The van der Waals surface area contributed by atoms with Gasteiger partial charge in [0.15, 0.2) is 5.96 Å². The van der Waals surface area contributed by atoms with E-state index in [0.29, 0.717) is 11.4 Å². The van der Waals surface area contributed by atoms with E-state index in [0.717, 1.165) is 42.2 Å². The number of nitrogens with one attached hydrogen (secondary N) is 2. The molecule has 0 saturated heterocycles. The molecular formula is C13H16ClN5O2S. The highest BCUT2D eigenvalue weighted by Crippen LogP contribution is 2.29. The molecule has 3 rings (SSSR count). The number of carbonyl (C=O) groups is 1. The Balaban J connectivity index is 0.000000254. The lowest BCUT2D eigenvalue weighted by Gasteiger charge is -2.08. The summed E-state index contributed by atoms with van der Waals surface area (Å²) in [6, 6.07) is 3.67. The topological polar surface area (TPSA) is 99.5 Å². The third-order valence-electron chi connectivity index (χ3n) is 2.76. The Morgan fingerprint density at radius 1 is 1.50 bits per heavy atom. The number of halogens is 1. The van der Waals surface area contributed by atoms with Crippen molar-refractivity contribution in [1.82, 2.24) is 14.1 Å². The third-order valence-corrected chi connectivity index (χ3v) is 3.62. The molecule has 0 bridgehead atoms. The highest BCUT2D eigenvalue weighted by molar-refractivity contribution is 7.00. The molecule has 0 radical (unpaired) electrons. The monoisotopic (exact) mass is 341 g/mol. The lowest BCUT2D eigenvalue weighted by Crippen LogP contribution is -2.26. The summed E-state index contributed by atoms with van der Waals surface area (Å²) < 4.78 is 8.39. The molecule has 0 atom stereocenters. The number of benzene rings is 1. The van der Waals surface area contributed by atoms with Crippen molar-refractivity contribution < 1.29 is 9.90 Å². The van der Waals surface area contributed by atoms with Crippen molar-refractivity contribution in [2.24, 2.45) is 4.99 Å². The van der Waals surface area contributed by atoms with Crippen molar-refractivity contribution in [3.8, 4) is 0 Å². The summed E-state index contributed by atoms with van der Waals surface area (Å²) in [5.41, 5.74) is 2.39. The van der Waals surface area contributed by atoms with Crippen LogP contribution in [0.15, 0.2) is 17.1 Å². The summed E-state index contributed by atoms with van der Waals surface area (Å²) in [4.78, 5) is 13.9. The van der Waals surface area contributed by atoms with Gasteiger partial charge in [-0.05, 0) is 18.6 Å². The number of rotatable bonds is 3. The molecule has 118 valence electrons. The second-order valence-corrected chi connectivity index (χ2v) is 5.42. The number of carboxylic acid groups (broad SMARTS) is 1. The maximum atomic E-state index is 9.60. The average Bonchev–Trinajstić information content (AvgIpc) is 3.13. The third kappa shape index (κ3) is 4.28. The largest absolute Gasteiger partial charge is 0.481 e. The first-order chi connectivity index (χ1) is 10.6. The van der Waals surface area contributed by atoms with E-state index in [1.807, 2.05) is 19.1 Å². The van der Waals surface area contributed by atoms with Gasteiger partial charge >= 0.3 is 5.97 Å². The Kier molecular flexibility index (Phi) is 5.91. The van der Waals surface area contributed by atoms with Gasteiger partial charge in [0.2, 0.25) is 0 Å². The summed E-state index contributed by atoms with van der Waals surface area (Å²) >= 11 is 7.30. The van der Waals surface area contributed by atoms with Gasteiger partial charge < -0.3 is 15.7 Å². The summed E-state index contributed by atoms with van der Waals surface area (Å²) in [5, 5.41) is 14.8. The smallest absolute Gasteiger partial charge is 0.303 e. The zero-order valence-corrected chi connectivity index (χ0v) is 13.5. The standard InChI is InChI=1S/C9H8ClN5S.C4H8O2/c10-5-1-2-6-8(15-16-14-6)7(5)13-9-11-3-4-12-9;1-2-3-4(5)6/h1-2H,3-4H2,(H2,11,12,13);2-3H2,1H3,(H,5,6). The number of guanidine groups is 1. The molecule has 0 fully saturated rings. The second kappa shape index (κ2) is 7.90. The van der Waals surface area contributed by atoms with Crippen LogP contribution in [-0.4, -0.2) is 38.9 Å². The molecular weight excluding hydrogens is 326 g/mol. The fourth-order valence-corrected chi connectivity index (χ4v) is 2.50. The Bertz CT molecular complexity index is 688. The van der Waals surface area contributed by atoms with Crippen molar-refractivity contribution in [3.63, 3.8) is 0 Å². The van der Waals surface area contributed by atoms with Crippen molar-refractivity contribution >= 4 is 52.0 Å². The van der Waals surface area contributed by atoms with Gasteiger partial charge in [0, 0.05) is 13.0 Å². The van der Waals surface area contributed by atoms with Crippen molar-refractivity contribution in [1.29, 1.82) is 0 Å². The molecule has 1 aromatic carbocycles. The average molecular weight is 342 g/mol. The molecule has 2 heterocycles. The number of anilines is 1. The summed E-state index contributed by atoms with van der Waals surface area (Å²) in [7, 11) is 0. The first-order valence-corrected chi connectivity index (χ1v) is 7.90. The maximum Gasteiger partial charge on any atom is 0.303 e. The molecule has 0 unspecified atom stereocenters. The summed E-state index contributed by atoms with van der Waals surface area (Å²) in [6.45, 7) is 3.48. The van der Waals surface area contributed by atoms with Crippen LogP contribution in [0.5, 0.6) is 0 Å². The molecule has 9 heteroatoms. The Morgan fingerprint density at radius 2 is 2.32 bits per heavy atom. The van der Waals surface area contributed by atoms with Gasteiger partial charge in [-0.1, -0.05) is 18.5 Å². The number of hydrogen-bond acceptors (Lipinski definition) is 7. The number of carboxylic acids is 1. The van der Waals surface area contributed by atoms with Crippen molar-refractivity contribution in [3.05, 3.63) is 17.2 Å². The second-order valence-electron chi connectivity index (χ2n) is 4.48. The highest BCUT2D eigenvalue weighted by atomic mass is 35.5. The van der Waals surface area contributed by atoms with Gasteiger partial charge in [0.05, 0.1) is 29.0 Å². The quantitative estimate of drug-likeness (QED) is 0.793. The van der Waals surface area contributed by atoms with Crippen LogP contribution in [-0.2, 0) is 4.79 Å². The van der Waals surface area contributed by atoms with Crippen LogP contribution in [0.4, 0.5) is 5.69 Å². The van der Waals surface area contributed by atoms with Gasteiger partial charge in [-0.2, -0.15) is 8.75 Å². The van der Waals surface area contributed by atoms with Crippen molar-refractivity contribution in [2.45, 2.75) is 19.8 Å². The minimum Gasteiger partial charge on any atom is -0.481 e. The van der Waals surface area contributed by atoms with E-state index in [-0.39, 0.29) is 0 Å². The predicted octanol–water partition coefficient (Wildman–Crippen LogP) is 2.59. The Hall–Kier alpha value is -1.93. The molecule has 1 aromatic heterocycles. The van der Waals surface area contributed by atoms with Crippen LogP contribution in [0, 0.1) is 0 Å². The SMILES string of the molecule is CCCC(=O)O.Clc1ccc2nsnc2c1NC1=NCCN1. The number of fused-ring (bicyclic) bond motifs is 1. The number of hydrogen-bond donors (Lipinski definition) is 3. The molecule has 0 aliphatic carbocycles. The van der Waals surface area contributed by atoms with Crippen LogP contribution in [0.2, 0.25) is 5.02 Å². The zero-order valence-electron chi connectivity index (χ0n) is 12.0. The van der Waals surface area contributed by atoms with Crippen LogP contribution in [0.3, 0.4) is 0 Å². The van der Waals surface area contributed by atoms with Crippen LogP contribution in [0.1, 0.15) is 19.8 Å². The Labute approximate surface area is 136 Å². The molecule has 0 amide bonds. The highest BCUT2D eigenvalue weighted by Gasteiger charge is 2.13. The minimum atomic E-state index is -0.711. The van der Waals surface area contributed by atoms with Gasteiger partial charge in [-0.3, -0.25) is 9.79 Å². The maximum absolute atomic E-state index is 9.60. The van der Waals surface area contributed by atoms with E-state index < -0.39 is 5.97 Å². The molecule has 2 aromatic rings. The molecule has 22 heavy (non-hydrogen) atoms. The normalized spacial score (nSPS) is 13.1. The number of aromatic nitrogens is 2. The number of aliphatic imine (C=N–C) groups is 1. The molecule has 7 nitrogen and oxygen atoms in total. The number of nitrogens with zero attached hydrogens (tertiary/aromatic N) is 3. The molecule has 1 aliphatic heterocycles. The van der Waals surface area contributed by atoms with E-state index in [2.05, 4.69) is 24.4 Å². The molecule has 3 N–H and O–H groups in total. The fraction of sp³-hybridized carbons (Fsp3) is 0.385. The molecule has 1 aliphatic rings. The summed E-state index contributed by atoms with van der Waals surface area (Å²) in [5.74, 6) is 0.0277. The fourth-order valence-electron chi connectivity index (χ4n) is 1.76. The van der Waals surface area contributed by atoms with Gasteiger partial charge in [-0.15, -0.1) is 0 Å². The van der Waals surface area contributed by atoms with Gasteiger partial charge in [0.25, 0.3) is 0 Å². The van der Waals surface area contributed by atoms with Gasteiger partial charge in [-0.25, -0.2) is 0 Å². The first kappa shape index (κ1) is 16.4. The first-order valence-electron chi connectivity index (χ1n) is 6.79. The van der Waals surface area contributed by atoms with E-state index in [1.54, 1.807) is 0 Å². The Morgan fingerprint density at radius 3 is 2.91 bits per heavy atom. The minimum absolute atomic E-state index is 0.292. The zero-order chi connectivity index (χ0) is 15.9. The van der Waals surface area contributed by atoms with E-state index >= 15 is 0 Å². The van der Waals surface area contributed by atoms with Crippen LogP contribution >= 0.6 is 23.3 Å². The molecule has 0 saturated carbocycles. The summed E-state index contributed by atoms with van der Waals surface area (Å²) in [6.07, 6.45) is 1.02. The van der Waals surface area contributed by atoms with Gasteiger partial charge in [0.1, 0.15) is 11.0 Å². The van der Waals surface area contributed by atoms with Crippen molar-refractivity contribution in [2.75, 3.05) is 18.4 Å². The lowest BCUT2D eigenvalue weighted by atomic mass is 10.2. The van der Waals surface area contributed by atoms with E-state index in [9.17, 15) is 4.79 Å². The lowest BCUT2D eigenvalue weighted by molar-refractivity contribution is -0.137. The molecule has 0 spiro atoms. The van der Waals surface area contributed by atoms with Crippen LogP contribution in [0.25, 0.3) is 11.0 Å². The number of aliphatic carboxylic acids is 1. The van der Waals surface area contributed by atoms with Crippen LogP contribution < -0.4 is 10.6 Å². The predicted molar refractivity (Wildman–Crippen MR) is 88.9 cm³/mol. The van der Waals surface area contributed by atoms with E-state index in [1.165, 1.54) is 11.7 Å². The van der Waals surface area contributed by atoms with E-state index in [4.69, 9.17) is 16.7 Å².